The molecule has 1 aromatic rings. The number of carboxylic acid groups (broad SMARTS) is 1. The van der Waals surface area contributed by atoms with Gasteiger partial charge in [0.2, 0.25) is 0 Å². The van der Waals surface area contributed by atoms with Crippen molar-refractivity contribution >= 4 is 11.9 Å². The van der Waals surface area contributed by atoms with Crippen molar-refractivity contribution in [2.24, 2.45) is 7.05 Å². The van der Waals surface area contributed by atoms with E-state index in [0.29, 0.717) is 17.0 Å². The van der Waals surface area contributed by atoms with Crippen LogP contribution < -0.4 is 5.32 Å². The lowest BCUT2D eigenvalue weighted by molar-refractivity contribution is -0.140. The highest BCUT2D eigenvalue weighted by Crippen LogP contribution is 2.13. The fraction of sp³-hybridized carbons (Fsp3) is 0.667. The van der Waals surface area contributed by atoms with Crippen LogP contribution in [0.25, 0.3) is 0 Å². The molecule has 0 spiro atoms. The molecule has 1 rings (SSSR count). The molecule has 124 valence electrons. The Labute approximate surface area is 130 Å². The molecule has 1 heterocycles. The minimum Gasteiger partial charge on any atom is -0.480 e. The molecular weight excluding hydrogens is 286 g/mol. The summed E-state index contributed by atoms with van der Waals surface area (Å²) in [7, 11) is 1.74. The highest BCUT2D eigenvalue weighted by Gasteiger charge is 2.25. The number of ether oxygens (including phenoxy) is 1. The third-order valence-electron chi connectivity index (χ3n) is 3.28. The summed E-state index contributed by atoms with van der Waals surface area (Å²) >= 11 is 0. The number of hydrogen-bond acceptors (Lipinski definition) is 4. The van der Waals surface area contributed by atoms with Crippen LogP contribution >= 0.6 is 0 Å². The van der Waals surface area contributed by atoms with E-state index in [1.165, 1.54) is 0 Å². The summed E-state index contributed by atoms with van der Waals surface area (Å²) in [6.07, 6.45) is 0.205. The van der Waals surface area contributed by atoms with Gasteiger partial charge in [0.1, 0.15) is 6.04 Å². The monoisotopic (exact) mass is 311 g/mol. The molecule has 0 aliphatic heterocycles. The zero-order valence-corrected chi connectivity index (χ0v) is 14.1. The smallest absolute Gasteiger partial charge is 0.326 e. The number of carboxylic acids is 1. The van der Waals surface area contributed by atoms with Gasteiger partial charge < -0.3 is 15.2 Å². The van der Waals surface area contributed by atoms with Crippen LogP contribution in [-0.2, 0) is 16.6 Å². The maximum atomic E-state index is 12.3. The van der Waals surface area contributed by atoms with E-state index in [-0.39, 0.29) is 18.6 Å². The standard InChI is InChI=1S/C15H25N3O4/c1-9-12(10(2)18(6)17-9)13(19)16-11(14(20)21)7-8-22-15(3,4)5/h11H,7-8H2,1-6H3,(H,16,19)(H,20,21). The third kappa shape index (κ3) is 4.84. The predicted molar refractivity (Wildman–Crippen MR) is 81.9 cm³/mol. The second kappa shape index (κ2) is 6.91. The van der Waals surface area contributed by atoms with E-state index in [1.807, 2.05) is 20.8 Å². The summed E-state index contributed by atoms with van der Waals surface area (Å²) in [5, 5.41) is 16.0. The van der Waals surface area contributed by atoms with Gasteiger partial charge in [-0.15, -0.1) is 0 Å². The number of nitrogens with one attached hydrogen (secondary N) is 1. The molecule has 7 heteroatoms. The minimum atomic E-state index is -1.08. The third-order valence-corrected chi connectivity index (χ3v) is 3.28. The van der Waals surface area contributed by atoms with Crippen LogP contribution in [-0.4, -0.2) is 45.0 Å². The molecule has 1 atom stereocenters. The molecule has 2 N–H and O–H groups in total. The summed E-state index contributed by atoms with van der Waals surface area (Å²) in [6, 6.07) is -0.992. The van der Waals surface area contributed by atoms with Crippen LogP contribution in [0.4, 0.5) is 0 Å². The van der Waals surface area contributed by atoms with Crippen LogP contribution in [0.1, 0.15) is 48.9 Å². The number of carbonyl (C=O) groups is 2. The van der Waals surface area contributed by atoms with Gasteiger partial charge in [-0.3, -0.25) is 9.48 Å². The van der Waals surface area contributed by atoms with E-state index in [4.69, 9.17) is 4.74 Å². The zero-order chi connectivity index (χ0) is 17.1. The minimum absolute atomic E-state index is 0.205. The van der Waals surface area contributed by atoms with E-state index in [2.05, 4.69) is 10.4 Å². The van der Waals surface area contributed by atoms with Crippen molar-refractivity contribution in [1.82, 2.24) is 15.1 Å². The Hall–Kier alpha value is -1.89. The number of nitrogens with zero attached hydrogens (tertiary/aromatic N) is 2. The SMILES string of the molecule is Cc1nn(C)c(C)c1C(=O)NC(CCOC(C)(C)C)C(=O)O. The second-order valence-electron chi connectivity index (χ2n) is 6.28. The van der Waals surface area contributed by atoms with Gasteiger partial charge in [0, 0.05) is 25.8 Å². The first-order chi connectivity index (χ1) is 10.0. The van der Waals surface area contributed by atoms with Gasteiger partial charge in [-0.25, -0.2) is 4.79 Å². The average Bonchev–Trinajstić information content (AvgIpc) is 2.60. The molecule has 0 fully saturated rings. The van der Waals surface area contributed by atoms with Gasteiger partial charge in [-0.1, -0.05) is 0 Å². The van der Waals surface area contributed by atoms with Crippen molar-refractivity contribution in [3.8, 4) is 0 Å². The van der Waals surface area contributed by atoms with Crippen LogP contribution in [0.15, 0.2) is 0 Å². The predicted octanol–water partition coefficient (Wildman–Crippen LogP) is 1.43. The first-order valence-electron chi connectivity index (χ1n) is 7.20. The lowest BCUT2D eigenvalue weighted by Crippen LogP contribution is -2.42. The lowest BCUT2D eigenvalue weighted by atomic mass is 10.1. The number of rotatable bonds is 6. The first-order valence-corrected chi connectivity index (χ1v) is 7.20. The molecule has 0 radical (unpaired) electrons. The summed E-state index contributed by atoms with van der Waals surface area (Å²) in [4.78, 5) is 23.6. The molecule has 1 unspecified atom stereocenters. The molecule has 7 nitrogen and oxygen atoms in total. The topological polar surface area (TPSA) is 93.5 Å². The molecule has 22 heavy (non-hydrogen) atoms. The summed E-state index contributed by atoms with van der Waals surface area (Å²) in [5.74, 6) is -1.50. The van der Waals surface area contributed by atoms with Gasteiger partial charge in [0.05, 0.1) is 16.9 Å². The van der Waals surface area contributed by atoms with E-state index in [9.17, 15) is 14.7 Å². The highest BCUT2D eigenvalue weighted by atomic mass is 16.5. The Bertz CT molecular complexity index is 558. The number of aliphatic carboxylic acids is 1. The Morgan fingerprint density at radius 3 is 2.36 bits per heavy atom. The van der Waals surface area contributed by atoms with Crippen molar-refractivity contribution in [2.45, 2.75) is 52.7 Å². The van der Waals surface area contributed by atoms with Crippen molar-refractivity contribution in [2.75, 3.05) is 6.61 Å². The van der Waals surface area contributed by atoms with Crippen LogP contribution in [0.2, 0.25) is 0 Å². The van der Waals surface area contributed by atoms with E-state index in [0.717, 1.165) is 0 Å². The lowest BCUT2D eigenvalue weighted by Gasteiger charge is -2.21. The number of hydrogen-bond donors (Lipinski definition) is 2. The number of amides is 1. The molecule has 0 saturated heterocycles. The summed E-state index contributed by atoms with van der Waals surface area (Å²) < 4.78 is 7.12. The first kappa shape index (κ1) is 18.2. The van der Waals surface area contributed by atoms with Gasteiger partial charge >= 0.3 is 5.97 Å². The fourth-order valence-electron chi connectivity index (χ4n) is 2.07. The quantitative estimate of drug-likeness (QED) is 0.829. The van der Waals surface area contributed by atoms with Gasteiger partial charge in [0.15, 0.2) is 0 Å². The fourth-order valence-corrected chi connectivity index (χ4v) is 2.07. The normalized spacial score (nSPS) is 13.0. The maximum Gasteiger partial charge on any atom is 0.326 e. The Morgan fingerprint density at radius 1 is 1.36 bits per heavy atom. The highest BCUT2D eigenvalue weighted by molar-refractivity contribution is 5.98. The molecule has 0 bridgehead atoms. The van der Waals surface area contributed by atoms with E-state index in [1.54, 1.807) is 25.6 Å². The number of aryl methyl sites for hydroxylation is 2. The Morgan fingerprint density at radius 2 is 1.95 bits per heavy atom. The van der Waals surface area contributed by atoms with Crippen LogP contribution in [0.5, 0.6) is 0 Å². The van der Waals surface area contributed by atoms with Gasteiger partial charge in [-0.05, 0) is 34.6 Å². The van der Waals surface area contributed by atoms with Crippen molar-refractivity contribution in [1.29, 1.82) is 0 Å². The largest absolute Gasteiger partial charge is 0.480 e. The maximum absolute atomic E-state index is 12.3. The molecule has 1 amide bonds. The molecular formula is C15H25N3O4. The Balaban J connectivity index is 2.74. The van der Waals surface area contributed by atoms with E-state index >= 15 is 0 Å². The molecule has 1 aromatic heterocycles. The zero-order valence-electron chi connectivity index (χ0n) is 14.1. The van der Waals surface area contributed by atoms with E-state index < -0.39 is 17.9 Å². The van der Waals surface area contributed by atoms with Crippen molar-refractivity contribution in [3.05, 3.63) is 17.0 Å². The second-order valence-corrected chi connectivity index (χ2v) is 6.28. The molecule has 0 aromatic carbocycles. The van der Waals surface area contributed by atoms with Gasteiger partial charge in [-0.2, -0.15) is 5.10 Å². The van der Waals surface area contributed by atoms with Crippen LogP contribution in [0, 0.1) is 13.8 Å². The molecule has 0 saturated carbocycles. The Kier molecular flexibility index (Phi) is 5.71. The molecule has 0 aliphatic rings. The van der Waals surface area contributed by atoms with Crippen LogP contribution in [0.3, 0.4) is 0 Å². The number of aromatic nitrogens is 2. The van der Waals surface area contributed by atoms with Gasteiger partial charge in [0.25, 0.3) is 5.91 Å². The number of carbonyl (C=O) groups excluding carboxylic acids is 1. The average molecular weight is 311 g/mol. The van der Waals surface area contributed by atoms with Crippen molar-refractivity contribution in [3.63, 3.8) is 0 Å². The van der Waals surface area contributed by atoms with Crippen molar-refractivity contribution < 1.29 is 19.4 Å². The summed E-state index contributed by atoms with van der Waals surface area (Å²) in [5.41, 5.74) is 1.35. The molecule has 0 aliphatic carbocycles. The summed E-state index contributed by atoms with van der Waals surface area (Å²) in [6.45, 7) is 9.43.